The van der Waals surface area contributed by atoms with Gasteiger partial charge in [-0.1, -0.05) is 24.3 Å². The first-order valence-electron chi connectivity index (χ1n) is 9.74. The van der Waals surface area contributed by atoms with Crippen molar-refractivity contribution < 1.29 is 21.6 Å². The molecule has 0 unspecified atom stereocenters. The number of amides is 1. The minimum atomic E-state index is -3.77. The number of hydrogen-bond donors (Lipinski definition) is 2. The Labute approximate surface area is 181 Å². The number of benzene rings is 2. The number of likely N-dealkylation sites (tertiary alicyclic amines) is 1. The summed E-state index contributed by atoms with van der Waals surface area (Å²) in [4.78, 5) is 14.9. The van der Waals surface area contributed by atoms with Crippen LogP contribution in [0.25, 0.3) is 0 Å². The molecule has 2 aliphatic heterocycles. The van der Waals surface area contributed by atoms with Crippen molar-refractivity contribution in [3.05, 3.63) is 59.7 Å². The van der Waals surface area contributed by atoms with Gasteiger partial charge in [-0.05, 0) is 49.7 Å². The summed E-state index contributed by atoms with van der Waals surface area (Å²) >= 11 is 0. The minimum Gasteiger partial charge on any atom is -0.350 e. The fraction of sp³-hybridized carbons (Fsp3) is 0.300. The van der Waals surface area contributed by atoms with Crippen LogP contribution in [0.1, 0.15) is 24.0 Å². The van der Waals surface area contributed by atoms with Gasteiger partial charge < -0.3 is 10.2 Å². The van der Waals surface area contributed by atoms with E-state index in [0.717, 1.165) is 6.42 Å². The van der Waals surface area contributed by atoms with Crippen LogP contribution in [-0.4, -0.2) is 53.1 Å². The van der Waals surface area contributed by atoms with E-state index < -0.39 is 26.1 Å². The second-order valence-electron chi connectivity index (χ2n) is 7.31. The molecule has 0 aromatic heterocycles. The summed E-state index contributed by atoms with van der Waals surface area (Å²) in [5.41, 5.74) is 1.15. The molecule has 164 valence electrons. The van der Waals surface area contributed by atoms with Crippen LogP contribution in [-0.2, 0) is 31.4 Å². The van der Waals surface area contributed by atoms with Gasteiger partial charge in [0, 0.05) is 18.7 Å². The van der Waals surface area contributed by atoms with E-state index in [4.69, 9.17) is 0 Å². The molecule has 0 spiro atoms. The third-order valence-corrected chi connectivity index (χ3v) is 8.12. The number of nitrogens with one attached hydrogen (secondary N) is 2. The number of carbonyl (C=O) groups is 1. The summed E-state index contributed by atoms with van der Waals surface area (Å²) in [6, 6.07) is 12.4. The molecule has 4 rings (SSSR count). The molecule has 2 aliphatic rings. The number of hydrogen-bond acceptors (Lipinski definition) is 6. The van der Waals surface area contributed by atoms with Crippen molar-refractivity contribution in [2.45, 2.75) is 35.2 Å². The van der Waals surface area contributed by atoms with E-state index >= 15 is 0 Å². The summed E-state index contributed by atoms with van der Waals surface area (Å²) in [6.45, 7) is 0.675. The average molecular weight is 463 g/mol. The normalized spacial score (nSPS) is 19.7. The quantitative estimate of drug-likeness (QED) is 0.678. The lowest BCUT2D eigenvalue weighted by atomic mass is 10.1. The maximum atomic E-state index is 12.9. The van der Waals surface area contributed by atoms with E-state index in [1.807, 2.05) is 0 Å². The Hall–Kier alpha value is -2.76. The first kappa shape index (κ1) is 21.5. The van der Waals surface area contributed by atoms with Gasteiger partial charge in [-0.25, -0.2) is 13.1 Å². The Morgan fingerprint density at radius 1 is 1.19 bits per heavy atom. The third-order valence-electron chi connectivity index (χ3n) is 5.38. The first-order valence-corrected chi connectivity index (χ1v) is 12.7. The topological polar surface area (TPSA) is 125 Å². The maximum absolute atomic E-state index is 12.9. The highest BCUT2D eigenvalue weighted by atomic mass is 32.2. The van der Waals surface area contributed by atoms with E-state index in [1.54, 1.807) is 35.2 Å². The van der Waals surface area contributed by atoms with Crippen LogP contribution in [0.15, 0.2) is 62.7 Å². The fourth-order valence-electron chi connectivity index (χ4n) is 3.84. The van der Waals surface area contributed by atoms with Crippen molar-refractivity contribution in [3.8, 4) is 0 Å². The van der Waals surface area contributed by atoms with Crippen LogP contribution >= 0.6 is 0 Å². The van der Waals surface area contributed by atoms with E-state index in [0.29, 0.717) is 29.9 Å². The van der Waals surface area contributed by atoms with Crippen molar-refractivity contribution in [1.82, 2.24) is 14.9 Å². The monoisotopic (exact) mass is 462 g/mol. The van der Waals surface area contributed by atoms with E-state index in [9.17, 15) is 21.6 Å². The zero-order valence-electron chi connectivity index (χ0n) is 16.8. The molecule has 31 heavy (non-hydrogen) atoms. The predicted molar refractivity (Wildman–Crippen MR) is 114 cm³/mol. The lowest BCUT2D eigenvalue weighted by Gasteiger charge is -2.25. The van der Waals surface area contributed by atoms with Crippen molar-refractivity contribution in [3.63, 3.8) is 0 Å². The van der Waals surface area contributed by atoms with Gasteiger partial charge in [0.25, 0.3) is 10.0 Å². The van der Waals surface area contributed by atoms with Gasteiger partial charge in [0.1, 0.15) is 10.9 Å². The van der Waals surface area contributed by atoms with Crippen LogP contribution in [0.4, 0.5) is 0 Å². The van der Waals surface area contributed by atoms with E-state index in [1.165, 1.54) is 25.2 Å². The lowest BCUT2D eigenvalue weighted by molar-refractivity contribution is -0.124. The molecule has 2 N–H and O–H groups in total. The summed E-state index contributed by atoms with van der Waals surface area (Å²) in [7, 11) is -6.01. The molecule has 0 aliphatic carbocycles. The Bertz CT molecular complexity index is 1270. The molecule has 1 fully saturated rings. The molecule has 9 nitrogen and oxygen atoms in total. The number of nitrogens with zero attached hydrogens (tertiary/aromatic N) is 2. The lowest BCUT2D eigenvalue weighted by Crippen LogP contribution is -2.45. The summed E-state index contributed by atoms with van der Waals surface area (Å²) in [6.07, 6.45) is 1.30. The largest absolute Gasteiger partial charge is 0.350 e. The molecule has 1 amide bonds. The molecule has 0 bridgehead atoms. The SMILES string of the molecule is CNS(=O)(=O)c1cccc(CNC(=O)[C@@H]2CCCN2C2=NS(=O)(=O)c3ccccc32)c1. The number of sulfonamides is 2. The van der Waals surface area contributed by atoms with Crippen LogP contribution in [0.2, 0.25) is 0 Å². The van der Waals surface area contributed by atoms with Crippen LogP contribution < -0.4 is 10.0 Å². The molecular formula is C20H22N4O5S2. The first-order chi connectivity index (χ1) is 14.7. The number of amidine groups is 1. The van der Waals surface area contributed by atoms with Crippen molar-refractivity contribution in [1.29, 1.82) is 0 Å². The highest BCUT2D eigenvalue weighted by Crippen LogP contribution is 2.31. The van der Waals surface area contributed by atoms with Crippen LogP contribution in [0.5, 0.6) is 0 Å². The van der Waals surface area contributed by atoms with Crippen LogP contribution in [0.3, 0.4) is 0 Å². The zero-order valence-corrected chi connectivity index (χ0v) is 18.4. The summed E-state index contributed by atoms with van der Waals surface area (Å²) in [5.74, 6) is 0.0409. The molecule has 11 heteroatoms. The Kier molecular flexibility index (Phi) is 5.58. The predicted octanol–water partition coefficient (Wildman–Crippen LogP) is 0.824. The summed E-state index contributed by atoms with van der Waals surface area (Å²) in [5, 5.41) is 2.84. The van der Waals surface area contributed by atoms with E-state index in [2.05, 4.69) is 14.4 Å². The Balaban J connectivity index is 1.51. The van der Waals surface area contributed by atoms with Crippen molar-refractivity contribution in [2.24, 2.45) is 4.40 Å². The van der Waals surface area contributed by atoms with Gasteiger partial charge in [0.15, 0.2) is 5.84 Å². The Morgan fingerprint density at radius 3 is 2.74 bits per heavy atom. The molecule has 2 heterocycles. The van der Waals surface area contributed by atoms with Gasteiger partial charge in [0.05, 0.1) is 4.90 Å². The highest BCUT2D eigenvalue weighted by Gasteiger charge is 2.39. The van der Waals surface area contributed by atoms with Crippen molar-refractivity contribution in [2.75, 3.05) is 13.6 Å². The number of fused-ring (bicyclic) bond motifs is 1. The average Bonchev–Trinajstić information content (AvgIpc) is 3.35. The van der Waals surface area contributed by atoms with Crippen LogP contribution in [0, 0.1) is 0 Å². The Morgan fingerprint density at radius 2 is 1.97 bits per heavy atom. The standard InChI is InChI=1S/C20H22N4O5S2/c1-21-30(26,27)15-7-4-6-14(12-15)13-22-20(25)17-9-5-11-24(17)19-16-8-2-3-10-18(16)31(28,29)23-19/h2-4,6-8,10,12,17,21H,5,9,11,13H2,1H3,(H,22,25)/t17-/m0/s1. The molecule has 1 saturated heterocycles. The van der Waals surface area contributed by atoms with Crippen molar-refractivity contribution >= 4 is 31.8 Å². The van der Waals surface area contributed by atoms with E-state index in [-0.39, 0.29) is 22.2 Å². The highest BCUT2D eigenvalue weighted by molar-refractivity contribution is 7.90. The van der Waals surface area contributed by atoms with Gasteiger partial charge >= 0.3 is 0 Å². The second kappa shape index (κ2) is 8.06. The van der Waals surface area contributed by atoms with Gasteiger partial charge in [-0.2, -0.15) is 8.42 Å². The molecule has 2 aromatic rings. The second-order valence-corrected chi connectivity index (χ2v) is 10.8. The minimum absolute atomic E-state index is 0.117. The zero-order chi connectivity index (χ0) is 22.2. The number of rotatable bonds is 5. The molecule has 0 saturated carbocycles. The van der Waals surface area contributed by atoms with Gasteiger partial charge in [-0.15, -0.1) is 4.40 Å². The maximum Gasteiger partial charge on any atom is 0.285 e. The van der Waals surface area contributed by atoms with Gasteiger partial charge in [0.2, 0.25) is 15.9 Å². The smallest absolute Gasteiger partial charge is 0.285 e. The molecular weight excluding hydrogens is 440 g/mol. The fourth-order valence-corrected chi connectivity index (χ4v) is 5.85. The molecule has 1 atom stereocenters. The summed E-state index contributed by atoms with van der Waals surface area (Å²) < 4.78 is 54.9. The molecule has 2 aromatic carbocycles. The third kappa shape index (κ3) is 4.08. The molecule has 0 radical (unpaired) electrons. The van der Waals surface area contributed by atoms with Gasteiger partial charge in [-0.3, -0.25) is 4.79 Å². The number of carbonyl (C=O) groups excluding carboxylic acids is 1.